The van der Waals surface area contributed by atoms with E-state index in [1.807, 2.05) is 59.6 Å². The maximum atomic E-state index is 6.44. The number of rotatable bonds is 2. The molecule has 5 heteroatoms. The van der Waals surface area contributed by atoms with E-state index in [1.54, 1.807) is 6.26 Å². The van der Waals surface area contributed by atoms with Crippen LogP contribution in [-0.2, 0) is 0 Å². The molecule has 0 fully saturated rings. The van der Waals surface area contributed by atoms with Crippen LogP contribution < -0.4 is 4.74 Å². The molecule has 5 rings (SSSR count). The zero-order chi connectivity index (χ0) is 16.8. The fraction of sp³-hybridized carbons (Fsp3) is 0.150. The third-order valence-electron chi connectivity index (χ3n) is 4.68. The second kappa shape index (κ2) is 5.67. The molecule has 0 radical (unpaired) electrons. The maximum Gasteiger partial charge on any atom is 0.215 e. The van der Waals surface area contributed by atoms with Crippen LogP contribution in [0.2, 0.25) is 5.02 Å². The minimum absolute atomic E-state index is 0.103. The number of halogens is 1. The van der Waals surface area contributed by atoms with Crippen LogP contribution in [0.3, 0.4) is 0 Å². The van der Waals surface area contributed by atoms with Gasteiger partial charge in [-0.05, 0) is 24.3 Å². The molecular weight excluding hydrogens is 336 g/mol. The SMILES string of the molecule is Clc1ccccc1[C@H]1Oc2ccccc2[C@H]2CC(c3ccco3)=NN21. The highest BCUT2D eigenvalue weighted by Crippen LogP contribution is 2.48. The molecule has 0 unspecified atom stereocenters. The van der Waals surface area contributed by atoms with Crippen LogP contribution in [0.25, 0.3) is 0 Å². The summed E-state index contributed by atoms with van der Waals surface area (Å²) in [5.74, 6) is 1.68. The van der Waals surface area contributed by atoms with Crippen molar-refractivity contribution in [3.05, 3.63) is 88.8 Å². The highest BCUT2D eigenvalue weighted by molar-refractivity contribution is 6.31. The molecular formula is C20H15ClN2O2. The normalized spacial score (nSPS) is 21.3. The summed E-state index contributed by atoms with van der Waals surface area (Å²) < 4.78 is 11.8. The first kappa shape index (κ1) is 14.6. The maximum absolute atomic E-state index is 6.44. The minimum Gasteiger partial charge on any atom is -0.464 e. The second-order valence-electron chi connectivity index (χ2n) is 6.15. The number of hydrogen-bond acceptors (Lipinski definition) is 4. The largest absolute Gasteiger partial charge is 0.464 e. The van der Waals surface area contributed by atoms with Gasteiger partial charge in [0.25, 0.3) is 0 Å². The Morgan fingerprint density at radius 2 is 1.76 bits per heavy atom. The third kappa shape index (κ3) is 2.33. The predicted octanol–water partition coefficient (Wildman–Crippen LogP) is 5.18. The smallest absolute Gasteiger partial charge is 0.215 e. The molecule has 0 spiro atoms. The van der Waals surface area contributed by atoms with Crippen molar-refractivity contribution in [1.82, 2.24) is 5.01 Å². The molecule has 2 aromatic carbocycles. The second-order valence-corrected chi connectivity index (χ2v) is 6.56. The van der Waals surface area contributed by atoms with Crippen LogP contribution in [-0.4, -0.2) is 10.7 Å². The first-order valence-electron chi connectivity index (χ1n) is 8.21. The summed E-state index contributed by atoms with van der Waals surface area (Å²) in [5.41, 5.74) is 2.97. The Morgan fingerprint density at radius 1 is 0.960 bits per heavy atom. The number of hydrogen-bond donors (Lipinski definition) is 0. The van der Waals surface area contributed by atoms with E-state index in [4.69, 9.17) is 25.9 Å². The lowest BCUT2D eigenvalue weighted by Crippen LogP contribution is -2.33. The summed E-state index contributed by atoms with van der Waals surface area (Å²) in [5, 5.41) is 7.50. The number of fused-ring (bicyclic) bond motifs is 3. The first-order valence-corrected chi connectivity index (χ1v) is 8.59. The highest BCUT2D eigenvalue weighted by atomic mass is 35.5. The molecule has 4 nitrogen and oxygen atoms in total. The molecule has 2 atom stereocenters. The fourth-order valence-electron chi connectivity index (χ4n) is 3.51. The highest BCUT2D eigenvalue weighted by Gasteiger charge is 2.41. The van der Waals surface area contributed by atoms with Crippen molar-refractivity contribution >= 4 is 17.3 Å². The summed E-state index contributed by atoms with van der Waals surface area (Å²) >= 11 is 6.44. The zero-order valence-electron chi connectivity index (χ0n) is 13.3. The molecule has 25 heavy (non-hydrogen) atoms. The number of furan rings is 1. The van der Waals surface area contributed by atoms with Crippen LogP contribution in [0.15, 0.2) is 76.4 Å². The molecule has 1 aromatic heterocycles. The van der Waals surface area contributed by atoms with E-state index >= 15 is 0 Å². The Balaban J connectivity index is 1.63. The van der Waals surface area contributed by atoms with E-state index in [0.717, 1.165) is 34.8 Å². The van der Waals surface area contributed by atoms with Crippen molar-refractivity contribution in [1.29, 1.82) is 0 Å². The monoisotopic (exact) mass is 350 g/mol. The lowest BCUT2D eigenvalue weighted by molar-refractivity contribution is -0.0189. The van der Waals surface area contributed by atoms with E-state index in [9.17, 15) is 0 Å². The molecule has 124 valence electrons. The number of para-hydroxylation sites is 1. The standard InChI is InChI=1S/C20H15ClN2O2/c21-15-8-3-1-6-13(15)20-23-17(14-7-2-4-9-18(14)25-20)12-16(22-23)19-10-5-11-24-19/h1-11,17,20H,12H2/t17-,20-/m1/s1. The summed E-state index contributed by atoms with van der Waals surface area (Å²) in [6, 6.07) is 19.8. The third-order valence-corrected chi connectivity index (χ3v) is 5.02. The van der Waals surface area contributed by atoms with Gasteiger partial charge < -0.3 is 9.15 Å². The van der Waals surface area contributed by atoms with E-state index in [2.05, 4.69) is 6.07 Å². The van der Waals surface area contributed by atoms with Gasteiger partial charge >= 0.3 is 0 Å². The Labute approximate surface area is 150 Å². The Bertz CT molecular complexity index is 952. The lowest BCUT2D eigenvalue weighted by atomic mass is 9.97. The molecule has 2 aliphatic rings. The van der Waals surface area contributed by atoms with Gasteiger partial charge in [-0.1, -0.05) is 48.0 Å². The predicted molar refractivity (Wildman–Crippen MR) is 95.7 cm³/mol. The molecule has 2 aliphatic heterocycles. The van der Waals surface area contributed by atoms with Crippen molar-refractivity contribution in [3.8, 4) is 5.75 Å². The van der Waals surface area contributed by atoms with Gasteiger partial charge in [-0.15, -0.1) is 0 Å². The van der Waals surface area contributed by atoms with Crippen LogP contribution in [0.1, 0.15) is 35.6 Å². The van der Waals surface area contributed by atoms with Gasteiger partial charge in [0.05, 0.1) is 12.3 Å². The Kier molecular flexibility index (Phi) is 3.31. The molecule has 3 heterocycles. The summed E-state index contributed by atoms with van der Waals surface area (Å²) in [7, 11) is 0. The van der Waals surface area contributed by atoms with Crippen molar-refractivity contribution < 1.29 is 9.15 Å². The molecule has 0 aliphatic carbocycles. The average molecular weight is 351 g/mol. The Morgan fingerprint density at radius 3 is 2.56 bits per heavy atom. The molecule has 3 aromatic rings. The fourth-order valence-corrected chi connectivity index (χ4v) is 3.74. The van der Waals surface area contributed by atoms with Gasteiger partial charge in [-0.2, -0.15) is 5.10 Å². The van der Waals surface area contributed by atoms with Gasteiger partial charge in [0.15, 0.2) is 0 Å². The quantitative estimate of drug-likeness (QED) is 0.639. The van der Waals surface area contributed by atoms with E-state index < -0.39 is 0 Å². The molecule has 0 amide bonds. The van der Waals surface area contributed by atoms with Gasteiger partial charge in [0, 0.05) is 22.6 Å². The van der Waals surface area contributed by atoms with Gasteiger partial charge in [0.1, 0.15) is 17.2 Å². The summed E-state index contributed by atoms with van der Waals surface area (Å²) in [6.07, 6.45) is 2.08. The molecule has 0 saturated heterocycles. The number of nitrogens with zero attached hydrogens (tertiary/aromatic N) is 2. The zero-order valence-corrected chi connectivity index (χ0v) is 14.1. The topological polar surface area (TPSA) is 38.0 Å². The first-order chi connectivity index (χ1) is 12.3. The van der Waals surface area contributed by atoms with Crippen molar-refractivity contribution in [2.75, 3.05) is 0 Å². The number of benzene rings is 2. The summed E-state index contributed by atoms with van der Waals surface area (Å²) in [6.45, 7) is 0. The van der Waals surface area contributed by atoms with E-state index in [1.165, 1.54) is 0 Å². The van der Waals surface area contributed by atoms with Crippen molar-refractivity contribution in [3.63, 3.8) is 0 Å². The minimum atomic E-state index is -0.360. The van der Waals surface area contributed by atoms with Gasteiger partial charge in [0.2, 0.25) is 6.23 Å². The van der Waals surface area contributed by atoms with Crippen LogP contribution in [0.4, 0.5) is 0 Å². The van der Waals surface area contributed by atoms with Crippen molar-refractivity contribution in [2.45, 2.75) is 18.7 Å². The molecule has 0 bridgehead atoms. The van der Waals surface area contributed by atoms with E-state index in [-0.39, 0.29) is 12.3 Å². The van der Waals surface area contributed by atoms with Crippen LogP contribution in [0.5, 0.6) is 5.75 Å². The average Bonchev–Trinajstić information content (AvgIpc) is 3.31. The number of ether oxygens (including phenoxy) is 1. The van der Waals surface area contributed by atoms with E-state index in [0.29, 0.717) is 5.02 Å². The van der Waals surface area contributed by atoms with Gasteiger partial charge in [-0.25, -0.2) is 5.01 Å². The molecule has 0 N–H and O–H groups in total. The van der Waals surface area contributed by atoms with Gasteiger partial charge in [-0.3, -0.25) is 0 Å². The van der Waals surface area contributed by atoms with Crippen LogP contribution >= 0.6 is 11.6 Å². The molecule has 0 saturated carbocycles. The number of hydrazone groups is 1. The van der Waals surface area contributed by atoms with Crippen LogP contribution in [0, 0.1) is 0 Å². The lowest BCUT2D eigenvalue weighted by Gasteiger charge is -2.38. The Hall–Kier alpha value is -2.72. The summed E-state index contributed by atoms with van der Waals surface area (Å²) in [4.78, 5) is 0. The van der Waals surface area contributed by atoms with Crippen molar-refractivity contribution in [2.24, 2.45) is 5.10 Å².